The third-order valence-electron chi connectivity index (χ3n) is 2.56. The number of carbonyl (C=O) groups is 1. The lowest BCUT2D eigenvalue weighted by Gasteiger charge is -2.15. The van der Waals surface area contributed by atoms with Crippen molar-refractivity contribution in [2.24, 2.45) is 0 Å². The first kappa shape index (κ1) is 13.5. The van der Waals surface area contributed by atoms with Crippen LogP contribution in [0.25, 0.3) is 0 Å². The Labute approximate surface area is 101 Å². The van der Waals surface area contributed by atoms with Gasteiger partial charge in [0.05, 0.1) is 19.6 Å². The van der Waals surface area contributed by atoms with Crippen molar-refractivity contribution in [1.29, 1.82) is 0 Å². The molecule has 1 unspecified atom stereocenters. The van der Waals surface area contributed by atoms with Crippen LogP contribution < -0.4 is 4.74 Å². The van der Waals surface area contributed by atoms with E-state index in [4.69, 9.17) is 9.47 Å². The monoisotopic (exact) mass is 240 g/mol. The van der Waals surface area contributed by atoms with Gasteiger partial charge in [-0.25, -0.2) is 4.39 Å². The van der Waals surface area contributed by atoms with Crippen molar-refractivity contribution in [2.75, 3.05) is 13.7 Å². The summed E-state index contributed by atoms with van der Waals surface area (Å²) in [6.07, 6.45) is 0.502. The summed E-state index contributed by atoms with van der Waals surface area (Å²) in [6.45, 7) is 3.85. The van der Waals surface area contributed by atoms with E-state index in [1.54, 1.807) is 19.1 Å². The molecular weight excluding hydrogens is 223 g/mol. The standard InChI is InChI=1S/C13H17FO3/c1-4-10(13(15)17-5-2)11-7-6-9(16-3)8-12(11)14/h6-8,10H,4-5H2,1-3H3. The summed E-state index contributed by atoms with van der Waals surface area (Å²) >= 11 is 0. The van der Waals surface area contributed by atoms with Gasteiger partial charge < -0.3 is 9.47 Å². The van der Waals surface area contributed by atoms with E-state index in [0.717, 1.165) is 0 Å². The molecular formula is C13H17FO3. The van der Waals surface area contributed by atoms with E-state index in [2.05, 4.69) is 0 Å². The molecule has 0 aromatic heterocycles. The van der Waals surface area contributed by atoms with Crippen LogP contribution in [0.2, 0.25) is 0 Å². The predicted molar refractivity (Wildman–Crippen MR) is 62.6 cm³/mol. The van der Waals surface area contributed by atoms with Crippen molar-refractivity contribution in [3.8, 4) is 5.75 Å². The number of hydrogen-bond donors (Lipinski definition) is 0. The highest BCUT2D eigenvalue weighted by Crippen LogP contribution is 2.26. The van der Waals surface area contributed by atoms with Gasteiger partial charge in [0.15, 0.2) is 0 Å². The zero-order chi connectivity index (χ0) is 12.8. The zero-order valence-corrected chi connectivity index (χ0v) is 10.3. The molecule has 0 saturated carbocycles. The van der Waals surface area contributed by atoms with Crippen molar-refractivity contribution < 1.29 is 18.7 Å². The lowest BCUT2D eigenvalue weighted by Crippen LogP contribution is -2.16. The first-order valence-electron chi connectivity index (χ1n) is 5.64. The van der Waals surface area contributed by atoms with Crippen LogP contribution in [0, 0.1) is 5.82 Å². The maximum atomic E-state index is 13.8. The smallest absolute Gasteiger partial charge is 0.313 e. The Morgan fingerprint density at radius 2 is 2.12 bits per heavy atom. The van der Waals surface area contributed by atoms with Gasteiger partial charge in [-0.3, -0.25) is 4.79 Å². The minimum Gasteiger partial charge on any atom is -0.497 e. The average molecular weight is 240 g/mol. The topological polar surface area (TPSA) is 35.5 Å². The van der Waals surface area contributed by atoms with E-state index in [1.165, 1.54) is 13.2 Å². The SMILES string of the molecule is CCOC(=O)C(CC)c1ccc(OC)cc1F. The number of esters is 1. The minimum atomic E-state index is -0.555. The summed E-state index contributed by atoms with van der Waals surface area (Å²) in [6, 6.07) is 4.48. The summed E-state index contributed by atoms with van der Waals surface area (Å²) in [4.78, 5) is 11.7. The molecule has 0 heterocycles. The molecule has 0 N–H and O–H groups in total. The number of rotatable bonds is 5. The van der Waals surface area contributed by atoms with Crippen molar-refractivity contribution in [3.63, 3.8) is 0 Å². The van der Waals surface area contributed by atoms with E-state index in [-0.39, 0.29) is 5.97 Å². The van der Waals surface area contributed by atoms with Crippen LogP contribution >= 0.6 is 0 Å². The molecule has 0 spiro atoms. The minimum absolute atomic E-state index is 0.299. The van der Waals surface area contributed by atoms with Crippen LogP contribution in [0.15, 0.2) is 18.2 Å². The molecule has 0 saturated heterocycles. The van der Waals surface area contributed by atoms with Crippen LogP contribution in [0.4, 0.5) is 4.39 Å². The first-order chi connectivity index (χ1) is 8.13. The molecule has 3 nitrogen and oxygen atoms in total. The molecule has 1 aromatic carbocycles. The van der Waals surface area contributed by atoms with Gasteiger partial charge in [-0.2, -0.15) is 0 Å². The molecule has 0 aliphatic carbocycles. The van der Waals surface area contributed by atoms with E-state index < -0.39 is 11.7 Å². The first-order valence-corrected chi connectivity index (χ1v) is 5.64. The molecule has 94 valence electrons. The molecule has 1 atom stereocenters. The molecule has 17 heavy (non-hydrogen) atoms. The van der Waals surface area contributed by atoms with E-state index >= 15 is 0 Å². The Morgan fingerprint density at radius 3 is 2.59 bits per heavy atom. The van der Waals surface area contributed by atoms with Gasteiger partial charge in [0, 0.05) is 11.6 Å². The largest absolute Gasteiger partial charge is 0.497 e. The highest BCUT2D eigenvalue weighted by atomic mass is 19.1. The van der Waals surface area contributed by atoms with Gasteiger partial charge in [-0.1, -0.05) is 13.0 Å². The predicted octanol–water partition coefficient (Wildman–Crippen LogP) is 2.89. The maximum Gasteiger partial charge on any atom is 0.313 e. The summed E-state index contributed by atoms with van der Waals surface area (Å²) in [5.41, 5.74) is 0.353. The van der Waals surface area contributed by atoms with Crippen molar-refractivity contribution >= 4 is 5.97 Å². The summed E-state index contributed by atoms with van der Waals surface area (Å²) in [5, 5.41) is 0. The molecule has 1 aromatic rings. The van der Waals surface area contributed by atoms with E-state index in [9.17, 15) is 9.18 Å². The fraction of sp³-hybridized carbons (Fsp3) is 0.462. The maximum absolute atomic E-state index is 13.8. The second-order valence-electron chi connectivity index (χ2n) is 3.60. The normalized spacial score (nSPS) is 12.0. The number of halogens is 1. The average Bonchev–Trinajstić information content (AvgIpc) is 2.32. The molecule has 0 bridgehead atoms. The number of hydrogen-bond acceptors (Lipinski definition) is 3. The van der Waals surface area contributed by atoms with Crippen LogP contribution in [0.5, 0.6) is 5.75 Å². The second kappa shape index (κ2) is 6.23. The lowest BCUT2D eigenvalue weighted by molar-refractivity contribution is -0.145. The molecule has 1 rings (SSSR count). The Morgan fingerprint density at radius 1 is 1.41 bits per heavy atom. The molecule has 0 fully saturated rings. The van der Waals surface area contributed by atoms with Crippen LogP contribution in [0.3, 0.4) is 0 Å². The molecule has 0 aliphatic heterocycles. The Kier molecular flexibility index (Phi) is 4.94. The number of carbonyl (C=O) groups excluding carboxylic acids is 1. The third kappa shape index (κ3) is 3.19. The van der Waals surface area contributed by atoms with Crippen LogP contribution in [0.1, 0.15) is 31.7 Å². The Bertz CT molecular complexity index is 390. The summed E-state index contributed by atoms with van der Waals surface area (Å²) in [5.74, 6) is -0.950. The summed E-state index contributed by atoms with van der Waals surface area (Å²) in [7, 11) is 1.47. The quantitative estimate of drug-likeness (QED) is 0.742. The summed E-state index contributed by atoms with van der Waals surface area (Å²) < 4.78 is 23.6. The van der Waals surface area contributed by atoms with Gasteiger partial charge in [0.25, 0.3) is 0 Å². The molecule has 0 radical (unpaired) electrons. The third-order valence-corrected chi connectivity index (χ3v) is 2.56. The molecule has 0 amide bonds. The highest BCUT2D eigenvalue weighted by Gasteiger charge is 2.23. The Hall–Kier alpha value is -1.58. The number of methoxy groups -OCH3 is 1. The molecule has 0 aliphatic rings. The van der Waals surface area contributed by atoms with Crippen molar-refractivity contribution in [1.82, 2.24) is 0 Å². The van der Waals surface area contributed by atoms with Gasteiger partial charge >= 0.3 is 5.97 Å². The van der Waals surface area contributed by atoms with Crippen LogP contribution in [-0.4, -0.2) is 19.7 Å². The zero-order valence-electron chi connectivity index (χ0n) is 10.3. The Balaban J connectivity index is 2.99. The molecule has 4 heteroatoms. The van der Waals surface area contributed by atoms with Gasteiger partial charge in [-0.05, 0) is 19.4 Å². The highest BCUT2D eigenvalue weighted by molar-refractivity contribution is 5.78. The number of benzene rings is 1. The van der Waals surface area contributed by atoms with Gasteiger partial charge in [0.1, 0.15) is 11.6 Å². The van der Waals surface area contributed by atoms with E-state index in [0.29, 0.717) is 24.3 Å². The van der Waals surface area contributed by atoms with Crippen molar-refractivity contribution in [2.45, 2.75) is 26.2 Å². The lowest BCUT2D eigenvalue weighted by atomic mass is 9.96. The van der Waals surface area contributed by atoms with Crippen LogP contribution in [-0.2, 0) is 9.53 Å². The fourth-order valence-electron chi connectivity index (χ4n) is 1.67. The van der Waals surface area contributed by atoms with E-state index in [1.807, 2.05) is 6.92 Å². The van der Waals surface area contributed by atoms with Gasteiger partial charge in [0.2, 0.25) is 0 Å². The van der Waals surface area contributed by atoms with Crippen molar-refractivity contribution in [3.05, 3.63) is 29.6 Å². The number of ether oxygens (including phenoxy) is 2. The fourth-order valence-corrected chi connectivity index (χ4v) is 1.67. The van der Waals surface area contributed by atoms with Gasteiger partial charge in [-0.15, -0.1) is 0 Å². The second-order valence-corrected chi connectivity index (χ2v) is 3.60.